The van der Waals surface area contributed by atoms with Crippen molar-refractivity contribution >= 4 is 39.5 Å². The summed E-state index contributed by atoms with van der Waals surface area (Å²) in [5.74, 6) is -1.36. The van der Waals surface area contributed by atoms with Crippen LogP contribution in [0.25, 0.3) is 0 Å². The molecule has 0 aromatic rings. The maximum Gasteiger partial charge on any atom is 0.472 e. The minimum atomic E-state index is -4.95. The number of phosphoric ester groups is 2. The summed E-state index contributed by atoms with van der Waals surface area (Å²) in [7, 11) is -9.90. The molecule has 0 aliphatic carbocycles. The molecule has 5 atom stereocenters. The summed E-state index contributed by atoms with van der Waals surface area (Å²) in [4.78, 5) is 72.5. The second kappa shape index (κ2) is 63.5. The van der Waals surface area contributed by atoms with Crippen LogP contribution in [0, 0.1) is 5.92 Å². The number of hydrogen-bond acceptors (Lipinski definition) is 15. The second-order valence-corrected chi connectivity index (χ2v) is 28.7. The lowest BCUT2D eigenvalue weighted by Crippen LogP contribution is -2.30. The number of aliphatic hydroxyl groups is 1. The lowest BCUT2D eigenvalue weighted by atomic mass is 10.0. The van der Waals surface area contributed by atoms with Crippen molar-refractivity contribution in [2.75, 3.05) is 39.6 Å². The first-order valence-electron chi connectivity index (χ1n) is 36.6. The van der Waals surface area contributed by atoms with Crippen molar-refractivity contribution in [1.29, 1.82) is 0 Å². The highest BCUT2D eigenvalue weighted by Gasteiger charge is 2.30. The van der Waals surface area contributed by atoms with Crippen molar-refractivity contribution in [3.63, 3.8) is 0 Å². The molecular formula is C70H136O17P2. The molecule has 0 bridgehead atoms. The van der Waals surface area contributed by atoms with Gasteiger partial charge in [0, 0.05) is 25.7 Å². The summed E-state index contributed by atoms with van der Waals surface area (Å²) in [6.07, 6.45) is 49.7. The molecule has 0 spiro atoms. The minimum Gasteiger partial charge on any atom is -0.462 e. The van der Waals surface area contributed by atoms with Crippen molar-refractivity contribution in [3.8, 4) is 0 Å². The average Bonchev–Trinajstić information content (AvgIpc) is 3.63. The first-order valence-corrected chi connectivity index (χ1v) is 39.6. The van der Waals surface area contributed by atoms with Gasteiger partial charge in [-0.3, -0.25) is 37.3 Å². The van der Waals surface area contributed by atoms with Crippen LogP contribution >= 0.6 is 15.6 Å². The zero-order chi connectivity index (χ0) is 65.6. The largest absolute Gasteiger partial charge is 0.472 e. The van der Waals surface area contributed by atoms with Crippen LogP contribution in [0.1, 0.15) is 362 Å². The van der Waals surface area contributed by atoms with Gasteiger partial charge in [-0.15, -0.1) is 0 Å². The number of phosphoric acid groups is 2. The molecule has 0 aliphatic heterocycles. The third kappa shape index (κ3) is 64.6. The third-order valence-corrected chi connectivity index (χ3v) is 18.2. The van der Waals surface area contributed by atoms with Gasteiger partial charge in [0.1, 0.15) is 19.3 Å². The zero-order valence-electron chi connectivity index (χ0n) is 57.6. The molecule has 0 aromatic carbocycles. The zero-order valence-corrected chi connectivity index (χ0v) is 59.4. The van der Waals surface area contributed by atoms with E-state index in [2.05, 4.69) is 34.6 Å². The van der Waals surface area contributed by atoms with Crippen molar-refractivity contribution in [1.82, 2.24) is 0 Å². The highest BCUT2D eigenvalue weighted by molar-refractivity contribution is 7.47. The summed E-state index contributed by atoms with van der Waals surface area (Å²) < 4.78 is 68.3. The Hall–Kier alpha value is -1.94. The maximum atomic E-state index is 13.0. The first kappa shape index (κ1) is 87.1. The molecule has 2 unspecified atom stereocenters. The van der Waals surface area contributed by atoms with Crippen LogP contribution in [0.4, 0.5) is 0 Å². The Morgan fingerprint density at radius 2 is 0.517 bits per heavy atom. The molecule has 0 saturated carbocycles. The van der Waals surface area contributed by atoms with Crippen molar-refractivity contribution in [2.24, 2.45) is 5.92 Å². The summed E-state index contributed by atoms with van der Waals surface area (Å²) in [6, 6.07) is 0. The predicted molar refractivity (Wildman–Crippen MR) is 358 cm³/mol. The van der Waals surface area contributed by atoms with E-state index in [1.807, 2.05) is 0 Å². The van der Waals surface area contributed by atoms with E-state index in [1.165, 1.54) is 186 Å². The van der Waals surface area contributed by atoms with E-state index in [4.69, 9.17) is 37.0 Å². The van der Waals surface area contributed by atoms with Crippen LogP contribution in [0.5, 0.6) is 0 Å². The SMILES string of the molecule is CCCCCCCCCCCCCCCCC(=O)O[C@H](COC(=O)CCCCCCCCCCCCC(C)C)COP(=O)(O)OC[C@@H](O)COP(=O)(O)OC[C@@H](COC(=O)CCCCCCCCCCCCC)OC(=O)CCCCCCCCCCCCC. The van der Waals surface area contributed by atoms with Gasteiger partial charge in [0.2, 0.25) is 0 Å². The topological polar surface area (TPSA) is 237 Å². The van der Waals surface area contributed by atoms with Crippen LogP contribution in [0.15, 0.2) is 0 Å². The third-order valence-electron chi connectivity index (χ3n) is 16.3. The lowest BCUT2D eigenvalue weighted by molar-refractivity contribution is -0.161. The van der Waals surface area contributed by atoms with Gasteiger partial charge in [-0.2, -0.15) is 0 Å². The van der Waals surface area contributed by atoms with Gasteiger partial charge in [0.05, 0.1) is 26.4 Å². The monoisotopic (exact) mass is 1310 g/mol. The van der Waals surface area contributed by atoms with E-state index in [-0.39, 0.29) is 25.7 Å². The number of hydrogen-bond donors (Lipinski definition) is 3. The van der Waals surface area contributed by atoms with Gasteiger partial charge >= 0.3 is 39.5 Å². The van der Waals surface area contributed by atoms with E-state index >= 15 is 0 Å². The molecular weight excluding hydrogens is 1170 g/mol. The summed E-state index contributed by atoms with van der Waals surface area (Å²) in [6.45, 7) is 7.24. The standard InChI is InChI=1S/C70H136O17P2/c1-6-9-12-15-18-21-24-25-26-29-36-41-46-51-56-70(75)87-66(60-81-68(73)54-49-44-39-34-31-30-32-37-42-47-52-63(4)5)62-85-89(78,79)83-58-64(71)57-82-88(76,77)84-61-65(86-69(74)55-50-45-40-35-28-23-20-17-14-11-8-3)59-80-67(72)53-48-43-38-33-27-22-19-16-13-10-7-2/h63-66,71H,6-62H2,1-5H3,(H,76,77)(H,78,79)/t64-,65+,66+/m0/s1. The highest BCUT2D eigenvalue weighted by atomic mass is 31.2. The first-order chi connectivity index (χ1) is 43.0. The van der Waals surface area contributed by atoms with Crippen LogP contribution in [0.3, 0.4) is 0 Å². The Kier molecular flexibility index (Phi) is 62.1. The molecule has 528 valence electrons. The van der Waals surface area contributed by atoms with Crippen molar-refractivity contribution in [3.05, 3.63) is 0 Å². The Bertz CT molecular complexity index is 1720. The van der Waals surface area contributed by atoms with E-state index in [0.717, 1.165) is 95.8 Å². The van der Waals surface area contributed by atoms with Crippen LogP contribution in [0.2, 0.25) is 0 Å². The summed E-state index contributed by atoms with van der Waals surface area (Å²) >= 11 is 0. The number of carbonyl (C=O) groups excluding carboxylic acids is 4. The van der Waals surface area contributed by atoms with Crippen LogP contribution in [-0.4, -0.2) is 96.7 Å². The molecule has 19 heteroatoms. The average molecular weight is 1310 g/mol. The second-order valence-electron chi connectivity index (χ2n) is 25.7. The Labute approximate surface area is 543 Å². The lowest BCUT2D eigenvalue weighted by Gasteiger charge is -2.21. The number of carbonyl (C=O) groups is 4. The van der Waals surface area contributed by atoms with Gasteiger partial charge in [-0.1, -0.05) is 311 Å². The number of rotatable bonds is 70. The van der Waals surface area contributed by atoms with Gasteiger partial charge in [-0.05, 0) is 31.6 Å². The number of aliphatic hydroxyl groups excluding tert-OH is 1. The van der Waals surface area contributed by atoms with Crippen LogP contribution < -0.4 is 0 Å². The molecule has 0 aromatic heterocycles. The quantitative estimate of drug-likeness (QED) is 0.0222. The summed E-state index contributed by atoms with van der Waals surface area (Å²) in [5, 5.41) is 10.6. The fraction of sp³-hybridized carbons (Fsp3) is 0.943. The molecule has 0 heterocycles. The van der Waals surface area contributed by atoms with Gasteiger partial charge in [-0.25, -0.2) is 9.13 Å². The fourth-order valence-corrected chi connectivity index (χ4v) is 12.2. The Morgan fingerprint density at radius 1 is 0.303 bits per heavy atom. The summed E-state index contributed by atoms with van der Waals surface area (Å²) in [5.41, 5.74) is 0. The molecule has 89 heavy (non-hydrogen) atoms. The minimum absolute atomic E-state index is 0.107. The van der Waals surface area contributed by atoms with Gasteiger partial charge in [0.25, 0.3) is 0 Å². The van der Waals surface area contributed by atoms with Crippen LogP contribution in [-0.2, 0) is 65.4 Å². The Morgan fingerprint density at radius 3 is 0.764 bits per heavy atom. The molecule has 3 N–H and O–H groups in total. The predicted octanol–water partition coefficient (Wildman–Crippen LogP) is 20.1. The molecule has 17 nitrogen and oxygen atoms in total. The Balaban J connectivity index is 5.25. The van der Waals surface area contributed by atoms with E-state index in [9.17, 15) is 43.2 Å². The fourth-order valence-electron chi connectivity index (χ4n) is 10.6. The van der Waals surface area contributed by atoms with E-state index in [0.29, 0.717) is 25.7 Å². The number of ether oxygens (including phenoxy) is 4. The smallest absolute Gasteiger partial charge is 0.462 e. The maximum absolute atomic E-state index is 13.0. The van der Waals surface area contributed by atoms with Crippen molar-refractivity contribution in [2.45, 2.75) is 380 Å². The molecule has 0 fully saturated rings. The molecule has 0 amide bonds. The van der Waals surface area contributed by atoms with E-state index < -0.39 is 97.5 Å². The number of unbranched alkanes of at least 4 members (excludes halogenated alkanes) is 42. The van der Waals surface area contributed by atoms with Gasteiger partial charge < -0.3 is 33.8 Å². The normalized spacial score (nSPS) is 14.1. The molecule has 0 aliphatic rings. The van der Waals surface area contributed by atoms with Gasteiger partial charge in [0.15, 0.2) is 12.2 Å². The number of esters is 4. The van der Waals surface area contributed by atoms with E-state index in [1.54, 1.807) is 0 Å². The molecule has 0 saturated heterocycles. The van der Waals surface area contributed by atoms with Crippen molar-refractivity contribution < 1.29 is 80.2 Å². The molecule has 0 radical (unpaired) electrons. The molecule has 0 rings (SSSR count). The highest BCUT2D eigenvalue weighted by Crippen LogP contribution is 2.45.